The molecule has 130 valence electrons. The number of hydrogen-bond acceptors (Lipinski definition) is 3. The van der Waals surface area contributed by atoms with Gasteiger partial charge in [0.25, 0.3) is 5.91 Å². The number of likely N-dealkylation sites (N-methyl/N-ethyl adjacent to an activating group) is 1. The van der Waals surface area contributed by atoms with E-state index >= 15 is 0 Å². The van der Waals surface area contributed by atoms with Gasteiger partial charge in [-0.1, -0.05) is 48.0 Å². The van der Waals surface area contributed by atoms with Crippen LogP contribution in [0.3, 0.4) is 0 Å². The molecule has 0 aliphatic heterocycles. The molecule has 6 heteroatoms. The van der Waals surface area contributed by atoms with Crippen molar-refractivity contribution in [3.63, 3.8) is 0 Å². The van der Waals surface area contributed by atoms with Crippen molar-refractivity contribution in [2.45, 2.75) is 6.10 Å². The van der Waals surface area contributed by atoms with Crippen LogP contribution in [0.15, 0.2) is 54.6 Å². The van der Waals surface area contributed by atoms with Crippen molar-refractivity contribution in [2.75, 3.05) is 14.1 Å². The Balaban J connectivity index is 2.20. The number of carbonyl (C=O) groups is 2. The quantitative estimate of drug-likeness (QED) is 0.600. The molecule has 0 N–H and O–H groups in total. The maximum absolute atomic E-state index is 13.7. The summed E-state index contributed by atoms with van der Waals surface area (Å²) in [4.78, 5) is 25.7. The molecule has 0 saturated carbocycles. The van der Waals surface area contributed by atoms with Gasteiger partial charge in [0.2, 0.25) is 6.10 Å². The highest BCUT2D eigenvalue weighted by Crippen LogP contribution is 2.22. The van der Waals surface area contributed by atoms with Crippen LogP contribution in [0.5, 0.6) is 0 Å². The fourth-order valence-corrected chi connectivity index (χ4v) is 2.33. The molecule has 0 heterocycles. The summed E-state index contributed by atoms with van der Waals surface area (Å²) in [5.41, 5.74) is 0.628. The fourth-order valence-electron chi connectivity index (χ4n) is 2.10. The van der Waals surface area contributed by atoms with Gasteiger partial charge in [0.1, 0.15) is 5.82 Å². The fraction of sp³-hybridized carbons (Fsp3) is 0.158. The summed E-state index contributed by atoms with van der Waals surface area (Å²) in [5.74, 6) is -1.71. The van der Waals surface area contributed by atoms with Gasteiger partial charge in [-0.15, -0.1) is 0 Å². The summed E-state index contributed by atoms with van der Waals surface area (Å²) in [7, 11) is 3.14. The highest BCUT2D eigenvalue weighted by molar-refractivity contribution is 6.32. The average Bonchev–Trinajstić information content (AvgIpc) is 2.59. The molecule has 1 atom stereocenters. The number of rotatable bonds is 5. The highest BCUT2D eigenvalue weighted by Gasteiger charge is 2.25. The molecule has 0 bridgehead atoms. The third-order valence-corrected chi connectivity index (χ3v) is 3.72. The van der Waals surface area contributed by atoms with Gasteiger partial charge in [-0.3, -0.25) is 4.79 Å². The van der Waals surface area contributed by atoms with Crippen LogP contribution in [0, 0.1) is 5.82 Å². The maximum Gasteiger partial charge on any atom is 0.331 e. The lowest BCUT2D eigenvalue weighted by molar-refractivity contribution is -0.155. The van der Waals surface area contributed by atoms with Crippen molar-refractivity contribution >= 4 is 29.6 Å². The normalized spacial score (nSPS) is 12.0. The van der Waals surface area contributed by atoms with E-state index in [0.29, 0.717) is 5.56 Å². The van der Waals surface area contributed by atoms with Gasteiger partial charge < -0.3 is 9.64 Å². The van der Waals surface area contributed by atoms with Gasteiger partial charge in [0.05, 0.1) is 5.02 Å². The molecular formula is C19H17ClFNO3. The van der Waals surface area contributed by atoms with Crippen LogP contribution >= 0.6 is 11.6 Å². The van der Waals surface area contributed by atoms with Crippen molar-refractivity contribution in [3.8, 4) is 0 Å². The predicted octanol–water partition coefficient (Wildman–Crippen LogP) is 3.87. The molecule has 0 aliphatic carbocycles. The van der Waals surface area contributed by atoms with Crippen molar-refractivity contribution in [2.24, 2.45) is 0 Å². The first kappa shape index (κ1) is 18.7. The Bertz CT molecular complexity index is 770. The third kappa shape index (κ3) is 4.90. The summed E-state index contributed by atoms with van der Waals surface area (Å²) in [6.45, 7) is 0. The molecule has 2 rings (SSSR count). The number of hydrogen-bond donors (Lipinski definition) is 0. The number of ether oxygens (including phenoxy) is 1. The minimum absolute atomic E-state index is 0.0799. The molecular weight excluding hydrogens is 345 g/mol. The average molecular weight is 362 g/mol. The molecule has 0 aliphatic rings. The lowest BCUT2D eigenvalue weighted by Crippen LogP contribution is -2.30. The van der Waals surface area contributed by atoms with Gasteiger partial charge >= 0.3 is 5.97 Å². The summed E-state index contributed by atoms with van der Waals surface area (Å²) >= 11 is 5.90. The zero-order valence-electron chi connectivity index (χ0n) is 13.8. The SMILES string of the molecule is CN(C)C(=O)C(OC(=O)/C=C/c1c(F)cccc1Cl)c1ccccc1. The molecule has 25 heavy (non-hydrogen) atoms. The Morgan fingerprint density at radius 2 is 1.80 bits per heavy atom. The Hall–Kier alpha value is -2.66. The Morgan fingerprint density at radius 3 is 2.40 bits per heavy atom. The molecule has 1 amide bonds. The zero-order chi connectivity index (χ0) is 18.4. The molecule has 2 aromatic rings. The molecule has 1 unspecified atom stereocenters. The topological polar surface area (TPSA) is 46.6 Å². The van der Waals surface area contributed by atoms with E-state index in [1.165, 1.54) is 29.2 Å². The molecule has 0 spiro atoms. The number of halogens is 2. The Labute approximate surface area is 150 Å². The van der Waals surface area contributed by atoms with E-state index in [0.717, 1.165) is 6.08 Å². The number of carbonyl (C=O) groups excluding carboxylic acids is 2. The number of amides is 1. The van der Waals surface area contributed by atoms with E-state index in [1.54, 1.807) is 44.4 Å². The Morgan fingerprint density at radius 1 is 1.12 bits per heavy atom. The summed E-state index contributed by atoms with van der Waals surface area (Å²) < 4.78 is 19.0. The number of benzene rings is 2. The maximum atomic E-state index is 13.7. The summed E-state index contributed by atoms with van der Waals surface area (Å²) in [6, 6.07) is 12.9. The molecule has 0 aromatic heterocycles. The van der Waals surface area contributed by atoms with E-state index in [-0.39, 0.29) is 16.5 Å². The van der Waals surface area contributed by atoms with Gasteiger partial charge in [-0.25, -0.2) is 9.18 Å². The van der Waals surface area contributed by atoms with Crippen LogP contribution in [0.1, 0.15) is 17.2 Å². The summed E-state index contributed by atoms with van der Waals surface area (Å²) in [5, 5.41) is 0.174. The highest BCUT2D eigenvalue weighted by atomic mass is 35.5. The lowest BCUT2D eigenvalue weighted by atomic mass is 10.1. The predicted molar refractivity (Wildman–Crippen MR) is 94.4 cm³/mol. The summed E-state index contributed by atoms with van der Waals surface area (Å²) in [6.07, 6.45) is 1.19. The standard InChI is InChI=1S/C19H17ClFNO3/c1-22(2)19(24)18(13-7-4-3-5-8-13)25-17(23)12-11-14-15(20)9-6-10-16(14)21/h3-12,18H,1-2H3/b12-11+. The monoisotopic (exact) mass is 361 g/mol. The van der Waals surface area contributed by atoms with Crippen LogP contribution in [0.4, 0.5) is 4.39 Å². The molecule has 4 nitrogen and oxygen atoms in total. The molecule has 0 radical (unpaired) electrons. The molecule has 2 aromatic carbocycles. The van der Waals surface area contributed by atoms with E-state index in [4.69, 9.17) is 16.3 Å². The van der Waals surface area contributed by atoms with Crippen LogP contribution in [-0.4, -0.2) is 30.9 Å². The van der Waals surface area contributed by atoms with E-state index in [9.17, 15) is 14.0 Å². The van der Waals surface area contributed by atoms with Crippen LogP contribution in [0.2, 0.25) is 5.02 Å². The van der Waals surface area contributed by atoms with Crippen molar-refractivity contribution < 1.29 is 18.7 Å². The first-order chi connectivity index (χ1) is 11.9. The van der Waals surface area contributed by atoms with Gasteiger partial charge in [0.15, 0.2) is 0 Å². The first-order valence-electron chi connectivity index (χ1n) is 7.49. The van der Waals surface area contributed by atoms with E-state index in [2.05, 4.69) is 0 Å². The molecule has 0 fully saturated rings. The number of nitrogens with zero attached hydrogens (tertiary/aromatic N) is 1. The van der Waals surface area contributed by atoms with Crippen molar-refractivity contribution in [1.29, 1.82) is 0 Å². The lowest BCUT2D eigenvalue weighted by Gasteiger charge is -2.20. The minimum atomic E-state index is -1.08. The van der Waals surface area contributed by atoms with E-state index < -0.39 is 17.9 Å². The number of esters is 1. The minimum Gasteiger partial charge on any atom is -0.444 e. The van der Waals surface area contributed by atoms with Crippen LogP contribution < -0.4 is 0 Å². The van der Waals surface area contributed by atoms with Crippen LogP contribution in [0.25, 0.3) is 6.08 Å². The van der Waals surface area contributed by atoms with Gasteiger partial charge in [0, 0.05) is 31.3 Å². The van der Waals surface area contributed by atoms with Gasteiger partial charge in [-0.2, -0.15) is 0 Å². The smallest absolute Gasteiger partial charge is 0.331 e. The van der Waals surface area contributed by atoms with Crippen LogP contribution in [-0.2, 0) is 14.3 Å². The van der Waals surface area contributed by atoms with E-state index in [1.807, 2.05) is 0 Å². The molecule has 0 saturated heterocycles. The second-order valence-electron chi connectivity index (χ2n) is 5.43. The van der Waals surface area contributed by atoms with Crippen molar-refractivity contribution in [1.82, 2.24) is 4.90 Å². The second-order valence-corrected chi connectivity index (χ2v) is 5.84. The third-order valence-electron chi connectivity index (χ3n) is 3.39. The zero-order valence-corrected chi connectivity index (χ0v) is 14.5. The van der Waals surface area contributed by atoms with Crippen molar-refractivity contribution in [3.05, 3.63) is 76.6 Å². The largest absolute Gasteiger partial charge is 0.444 e. The Kier molecular flexibility index (Phi) is 6.31. The second kappa shape index (κ2) is 8.44. The first-order valence-corrected chi connectivity index (χ1v) is 7.86. The van der Waals surface area contributed by atoms with Gasteiger partial charge in [-0.05, 0) is 18.2 Å².